The van der Waals surface area contributed by atoms with Crippen LogP contribution in [-0.4, -0.2) is 7.05 Å². The van der Waals surface area contributed by atoms with Gasteiger partial charge in [0.15, 0.2) is 0 Å². The molecule has 0 amide bonds. The normalized spacial score (nSPS) is 7.71. The van der Waals surface area contributed by atoms with Gasteiger partial charge in [-0.05, 0) is 6.92 Å². The third kappa shape index (κ3) is 5.10. The summed E-state index contributed by atoms with van der Waals surface area (Å²) in [6, 6.07) is 0. The molecule has 1 nitrogen and oxygen atoms in total. The van der Waals surface area contributed by atoms with E-state index in [4.69, 9.17) is 0 Å². The van der Waals surface area contributed by atoms with E-state index in [1.807, 2.05) is 7.05 Å². The van der Waals surface area contributed by atoms with Crippen LogP contribution in [0.2, 0.25) is 0 Å². The maximum atomic E-state index is 2.82. The largest absolute Gasteiger partial charge is 0.393 e. The van der Waals surface area contributed by atoms with E-state index in [0.29, 0.717) is 0 Å². The molecule has 38 valence electrons. The Balaban J connectivity index is 3.21. The summed E-state index contributed by atoms with van der Waals surface area (Å²) >= 11 is 0. The second-order valence-corrected chi connectivity index (χ2v) is 1.02. The number of hydrogen-bond donors (Lipinski definition) is 1. The van der Waals surface area contributed by atoms with Crippen LogP contribution in [0.1, 0.15) is 6.92 Å². The molecular formula is C6H9N. The van der Waals surface area contributed by atoms with Gasteiger partial charge in [0.2, 0.25) is 0 Å². The molecule has 0 bridgehead atoms. The lowest BCUT2D eigenvalue weighted by Crippen LogP contribution is -1.89. The Morgan fingerprint density at radius 2 is 2.29 bits per heavy atom. The molecule has 7 heavy (non-hydrogen) atoms. The molecule has 1 N–H and O–H groups in total. The minimum Gasteiger partial charge on any atom is -0.393 e. The molecule has 1 heteroatoms. The summed E-state index contributed by atoms with van der Waals surface area (Å²) in [5, 5.41) is 2.82. The van der Waals surface area contributed by atoms with Gasteiger partial charge in [-0.2, -0.15) is 0 Å². The standard InChI is InChI=1S/C6H9N/c1-3-4-5-6-7-2/h5-7H,1-2H3/b6-5+. The monoisotopic (exact) mass is 95.1 g/mol. The smallest absolute Gasteiger partial charge is 0.00462 e. The number of nitrogens with one attached hydrogen (secondary N) is 1. The van der Waals surface area contributed by atoms with Crippen molar-refractivity contribution in [3.63, 3.8) is 0 Å². The number of allylic oxidation sites excluding steroid dienone is 1. The fourth-order valence-electron chi connectivity index (χ4n) is 0.208. The fourth-order valence-corrected chi connectivity index (χ4v) is 0.208. The van der Waals surface area contributed by atoms with E-state index in [1.54, 1.807) is 19.2 Å². The Labute approximate surface area is 44.4 Å². The summed E-state index contributed by atoms with van der Waals surface area (Å²) in [5.74, 6) is 5.48. The Kier molecular flexibility index (Phi) is 4.44. The van der Waals surface area contributed by atoms with Crippen molar-refractivity contribution in [3.8, 4) is 11.8 Å². The lowest BCUT2D eigenvalue weighted by Gasteiger charge is -1.75. The van der Waals surface area contributed by atoms with Gasteiger partial charge in [0.05, 0.1) is 0 Å². The molecule has 0 fully saturated rings. The Morgan fingerprint density at radius 1 is 1.57 bits per heavy atom. The summed E-state index contributed by atoms with van der Waals surface area (Å²) in [5.41, 5.74) is 0. The first kappa shape index (κ1) is 6.10. The molecular weight excluding hydrogens is 86.1 g/mol. The van der Waals surface area contributed by atoms with Crippen molar-refractivity contribution in [2.75, 3.05) is 7.05 Å². The highest BCUT2D eigenvalue weighted by molar-refractivity contribution is 5.12. The number of hydrogen-bond acceptors (Lipinski definition) is 1. The van der Waals surface area contributed by atoms with Gasteiger partial charge in [-0.1, -0.05) is 5.92 Å². The van der Waals surface area contributed by atoms with Gasteiger partial charge in [0.1, 0.15) is 0 Å². The summed E-state index contributed by atoms with van der Waals surface area (Å²) in [6.45, 7) is 1.81. The van der Waals surface area contributed by atoms with E-state index >= 15 is 0 Å². The second kappa shape index (κ2) is 5.10. The Bertz CT molecular complexity index is 103. The molecule has 0 heterocycles. The van der Waals surface area contributed by atoms with Crippen molar-refractivity contribution in [1.29, 1.82) is 0 Å². The van der Waals surface area contributed by atoms with E-state index < -0.39 is 0 Å². The van der Waals surface area contributed by atoms with Crippen LogP contribution >= 0.6 is 0 Å². The molecule has 0 aromatic carbocycles. The van der Waals surface area contributed by atoms with Gasteiger partial charge in [-0.25, -0.2) is 0 Å². The zero-order chi connectivity index (χ0) is 5.54. The third-order valence-corrected chi connectivity index (χ3v) is 0.478. The molecule has 0 aromatic rings. The predicted octanol–water partition coefficient (Wildman–Crippen LogP) is 0.743. The van der Waals surface area contributed by atoms with Crippen LogP contribution in [0.25, 0.3) is 0 Å². The zero-order valence-corrected chi connectivity index (χ0v) is 4.65. The Hall–Kier alpha value is -0.900. The summed E-state index contributed by atoms with van der Waals surface area (Å²) in [4.78, 5) is 0. The lowest BCUT2D eigenvalue weighted by atomic mass is 10.6. The molecule has 0 aliphatic heterocycles. The minimum atomic E-state index is 1.76. The second-order valence-electron chi connectivity index (χ2n) is 1.02. The van der Waals surface area contributed by atoms with Crippen LogP contribution in [0.15, 0.2) is 12.3 Å². The fraction of sp³-hybridized carbons (Fsp3) is 0.333. The van der Waals surface area contributed by atoms with E-state index in [1.165, 1.54) is 0 Å². The lowest BCUT2D eigenvalue weighted by molar-refractivity contribution is 1.10. The van der Waals surface area contributed by atoms with Crippen LogP contribution in [0.5, 0.6) is 0 Å². The average molecular weight is 95.1 g/mol. The van der Waals surface area contributed by atoms with Gasteiger partial charge in [0, 0.05) is 19.3 Å². The highest BCUT2D eigenvalue weighted by Crippen LogP contribution is 1.58. The van der Waals surface area contributed by atoms with Crippen LogP contribution in [-0.2, 0) is 0 Å². The summed E-state index contributed by atoms with van der Waals surface area (Å²) < 4.78 is 0. The highest BCUT2D eigenvalue weighted by atomic mass is 14.8. The summed E-state index contributed by atoms with van der Waals surface area (Å²) in [6.07, 6.45) is 3.55. The SMILES string of the molecule is CC#C/C=C/NC. The van der Waals surface area contributed by atoms with Gasteiger partial charge >= 0.3 is 0 Å². The van der Waals surface area contributed by atoms with Gasteiger partial charge in [-0.15, -0.1) is 5.92 Å². The molecule has 0 atom stereocenters. The topological polar surface area (TPSA) is 12.0 Å². The van der Waals surface area contributed by atoms with Gasteiger partial charge in [-0.3, -0.25) is 0 Å². The predicted molar refractivity (Wildman–Crippen MR) is 31.6 cm³/mol. The molecule has 0 radical (unpaired) electrons. The highest BCUT2D eigenvalue weighted by Gasteiger charge is 1.52. The van der Waals surface area contributed by atoms with Crippen LogP contribution in [0, 0.1) is 11.8 Å². The van der Waals surface area contributed by atoms with Crippen molar-refractivity contribution in [2.24, 2.45) is 0 Å². The van der Waals surface area contributed by atoms with Crippen LogP contribution in [0.3, 0.4) is 0 Å². The first-order valence-corrected chi connectivity index (χ1v) is 2.16. The molecule has 0 saturated carbocycles. The molecule has 0 aromatic heterocycles. The zero-order valence-electron chi connectivity index (χ0n) is 4.65. The Morgan fingerprint density at radius 3 is 2.71 bits per heavy atom. The van der Waals surface area contributed by atoms with Crippen molar-refractivity contribution in [2.45, 2.75) is 6.92 Å². The molecule has 0 aliphatic rings. The molecule has 0 aliphatic carbocycles. The molecule has 0 saturated heterocycles. The van der Waals surface area contributed by atoms with E-state index in [-0.39, 0.29) is 0 Å². The van der Waals surface area contributed by atoms with Crippen molar-refractivity contribution >= 4 is 0 Å². The van der Waals surface area contributed by atoms with E-state index in [2.05, 4.69) is 17.2 Å². The minimum absolute atomic E-state index is 1.76. The molecule has 0 spiro atoms. The van der Waals surface area contributed by atoms with Crippen LogP contribution < -0.4 is 5.32 Å². The third-order valence-electron chi connectivity index (χ3n) is 0.478. The average Bonchev–Trinajstić information content (AvgIpc) is 1.69. The van der Waals surface area contributed by atoms with Gasteiger partial charge < -0.3 is 5.32 Å². The van der Waals surface area contributed by atoms with E-state index in [0.717, 1.165) is 0 Å². The molecule has 0 rings (SSSR count). The van der Waals surface area contributed by atoms with Crippen molar-refractivity contribution in [3.05, 3.63) is 12.3 Å². The molecule has 0 unspecified atom stereocenters. The van der Waals surface area contributed by atoms with E-state index in [9.17, 15) is 0 Å². The first-order chi connectivity index (χ1) is 3.41. The van der Waals surface area contributed by atoms with Crippen molar-refractivity contribution < 1.29 is 0 Å². The van der Waals surface area contributed by atoms with Crippen LogP contribution in [0.4, 0.5) is 0 Å². The first-order valence-electron chi connectivity index (χ1n) is 2.16. The maximum Gasteiger partial charge on any atom is 0.00462 e. The maximum absolute atomic E-state index is 2.82. The number of rotatable bonds is 1. The quantitative estimate of drug-likeness (QED) is 0.474. The van der Waals surface area contributed by atoms with Crippen molar-refractivity contribution in [1.82, 2.24) is 5.32 Å². The summed E-state index contributed by atoms with van der Waals surface area (Å²) in [7, 11) is 1.84. The van der Waals surface area contributed by atoms with Gasteiger partial charge in [0.25, 0.3) is 0 Å².